The monoisotopic (exact) mass is 386 g/mol. The molecule has 2 saturated heterocycles. The molecule has 4 heteroatoms. The highest BCUT2D eigenvalue weighted by atomic mass is 79.9. The number of benzene rings is 1. The third kappa shape index (κ3) is 3.01. The van der Waals surface area contributed by atoms with Gasteiger partial charge in [-0.1, -0.05) is 12.5 Å². The Bertz CT molecular complexity index is 430. The van der Waals surface area contributed by atoms with Gasteiger partial charge in [0.15, 0.2) is 0 Å². The number of anilines is 1. The van der Waals surface area contributed by atoms with Crippen molar-refractivity contribution in [2.75, 3.05) is 31.1 Å². The standard InChI is InChI=1S/C15H20Br2N2/c16-13-6-3-7-14(17)15(13)19-10-4-9-18-8-2-1-5-12(18)11-19/h3,6-7,12H,1-2,4-5,8-11H2. The zero-order valence-corrected chi connectivity index (χ0v) is 14.3. The van der Waals surface area contributed by atoms with E-state index in [0.29, 0.717) is 0 Å². The number of piperidine rings is 1. The first-order valence-electron chi connectivity index (χ1n) is 7.19. The summed E-state index contributed by atoms with van der Waals surface area (Å²) in [6, 6.07) is 7.12. The topological polar surface area (TPSA) is 6.48 Å². The molecule has 2 aliphatic heterocycles. The maximum Gasteiger partial charge on any atom is 0.0655 e. The Hall–Kier alpha value is -0.0600. The first-order chi connectivity index (χ1) is 9.25. The second-order valence-corrected chi connectivity index (χ2v) is 7.26. The van der Waals surface area contributed by atoms with E-state index in [-0.39, 0.29) is 0 Å². The van der Waals surface area contributed by atoms with Crippen molar-refractivity contribution in [1.29, 1.82) is 0 Å². The summed E-state index contributed by atoms with van der Waals surface area (Å²) in [4.78, 5) is 5.26. The van der Waals surface area contributed by atoms with Gasteiger partial charge in [0.05, 0.1) is 5.69 Å². The van der Waals surface area contributed by atoms with E-state index in [1.807, 2.05) is 0 Å². The van der Waals surface area contributed by atoms with Gasteiger partial charge in [0.2, 0.25) is 0 Å². The molecule has 3 rings (SSSR count). The summed E-state index contributed by atoms with van der Waals surface area (Å²) in [6.45, 7) is 4.90. The van der Waals surface area contributed by atoms with Gasteiger partial charge in [-0.2, -0.15) is 0 Å². The van der Waals surface area contributed by atoms with Crippen LogP contribution in [0.25, 0.3) is 0 Å². The van der Waals surface area contributed by atoms with Gasteiger partial charge in [0, 0.05) is 34.6 Å². The van der Waals surface area contributed by atoms with Crippen molar-refractivity contribution >= 4 is 37.5 Å². The smallest absolute Gasteiger partial charge is 0.0655 e. The van der Waals surface area contributed by atoms with E-state index in [9.17, 15) is 0 Å². The number of halogens is 2. The molecular formula is C15H20Br2N2. The number of hydrogen-bond acceptors (Lipinski definition) is 2. The number of rotatable bonds is 1. The van der Waals surface area contributed by atoms with Crippen LogP contribution < -0.4 is 4.90 Å². The summed E-state index contributed by atoms with van der Waals surface area (Å²) in [5, 5.41) is 0. The zero-order chi connectivity index (χ0) is 13.2. The van der Waals surface area contributed by atoms with Gasteiger partial charge < -0.3 is 4.90 Å². The molecule has 0 radical (unpaired) electrons. The van der Waals surface area contributed by atoms with Gasteiger partial charge in [-0.25, -0.2) is 0 Å². The van der Waals surface area contributed by atoms with Crippen LogP contribution in [0, 0.1) is 0 Å². The fraction of sp³-hybridized carbons (Fsp3) is 0.600. The molecule has 2 nitrogen and oxygen atoms in total. The average Bonchev–Trinajstić information content (AvgIpc) is 2.60. The van der Waals surface area contributed by atoms with Crippen molar-refractivity contribution in [2.24, 2.45) is 0 Å². The fourth-order valence-corrected chi connectivity index (χ4v) is 4.87. The summed E-state index contributed by atoms with van der Waals surface area (Å²) in [7, 11) is 0. The van der Waals surface area contributed by atoms with Crippen LogP contribution in [0.1, 0.15) is 25.7 Å². The van der Waals surface area contributed by atoms with E-state index in [4.69, 9.17) is 0 Å². The van der Waals surface area contributed by atoms with E-state index in [2.05, 4.69) is 59.9 Å². The number of fused-ring (bicyclic) bond motifs is 1. The van der Waals surface area contributed by atoms with Gasteiger partial charge in [0.25, 0.3) is 0 Å². The Morgan fingerprint density at radius 2 is 1.68 bits per heavy atom. The number of hydrogen-bond donors (Lipinski definition) is 0. The number of para-hydroxylation sites is 1. The van der Waals surface area contributed by atoms with Crippen molar-refractivity contribution < 1.29 is 0 Å². The average molecular weight is 388 g/mol. The van der Waals surface area contributed by atoms with Crippen molar-refractivity contribution in [3.05, 3.63) is 27.1 Å². The lowest BCUT2D eigenvalue weighted by Crippen LogP contribution is -2.44. The molecule has 0 saturated carbocycles. The molecule has 0 N–H and O–H groups in total. The Morgan fingerprint density at radius 1 is 0.947 bits per heavy atom. The summed E-state index contributed by atoms with van der Waals surface area (Å²) >= 11 is 7.42. The molecule has 1 aromatic carbocycles. The first kappa shape index (κ1) is 13.9. The summed E-state index contributed by atoms with van der Waals surface area (Å²) < 4.78 is 2.40. The molecule has 0 spiro atoms. The van der Waals surface area contributed by atoms with E-state index in [1.165, 1.54) is 60.0 Å². The van der Waals surface area contributed by atoms with E-state index in [0.717, 1.165) is 12.6 Å². The molecule has 104 valence electrons. The minimum Gasteiger partial charge on any atom is -0.368 e. The Balaban J connectivity index is 1.84. The molecule has 2 heterocycles. The SMILES string of the molecule is Brc1cccc(Br)c1N1CCCN2CCCCC2C1. The van der Waals surface area contributed by atoms with Crippen LogP contribution in [0.5, 0.6) is 0 Å². The lowest BCUT2D eigenvalue weighted by Gasteiger charge is -2.36. The number of nitrogens with zero attached hydrogens (tertiary/aromatic N) is 2. The highest BCUT2D eigenvalue weighted by Gasteiger charge is 2.28. The molecule has 19 heavy (non-hydrogen) atoms. The first-order valence-corrected chi connectivity index (χ1v) is 8.77. The second-order valence-electron chi connectivity index (χ2n) is 5.56. The maximum atomic E-state index is 3.71. The molecule has 1 unspecified atom stereocenters. The van der Waals surface area contributed by atoms with Crippen LogP contribution in [0.15, 0.2) is 27.1 Å². The Morgan fingerprint density at radius 3 is 2.47 bits per heavy atom. The third-order valence-corrected chi connectivity index (χ3v) is 5.59. The van der Waals surface area contributed by atoms with Crippen LogP contribution in [0.3, 0.4) is 0 Å². The Kier molecular flexibility index (Phi) is 4.50. The fourth-order valence-electron chi connectivity index (χ4n) is 3.37. The summed E-state index contributed by atoms with van der Waals surface area (Å²) in [6.07, 6.45) is 5.41. The lowest BCUT2D eigenvalue weighted by atomic mass is 10.0. The minimum absolute atomic E-state index is 0.746. The molecule has 0 aliphatic carbocycles. The zero-order valence-electron chi connectivity index (χ0n) is 11.1. The van der Waals surface area contributed by atoms with E-state index >= 15 is 0 Å². The molecule has 2 fully saturated rings. The molecular weight excluding hydrogens is 368 g/mol. The van der Waals surface area contributed by atoms with Gasteiger partial charge in [-0.15, -0.1) is 0 Å². The molecule has 0 aromatic heterocycles. The molecule has 1 aromatic rings. The van der Waals surface area contributed by atoms with Gasteiger partial charge in [0.1, 0.15) is 0 Å². The van der Waals surface area contributed by atoms with Crippen LogP contribution in [0.2, 0.25) is 0 Å². The van der Waals surface area contributed by atoms with E-state index < -0.39 is 0 Å². The maximum absolute atomic E-state index is 3.71. The highest BCUT2D eigenvalue weighted by molar-refractivity contribution is 9.11. The molecule has 0 bridgehead atoms. The van der Waals surface area contributed by atoms with Crippen LogP contribution >= 0.6 is 31.9 Å². The normalized spacial score (nSPS) is 24.9. The third-order valence-electron chi connectivity index (χ3n) is 4.31. The largest absolute Gasteiger partial charge is 0.368 e. The summed E-state index contributed by atoms with van der Waals surface area (Å²) in [5.74, 6) is 0. The quantitative estimate of drug-likeness (QED) is 0.709. The Labute approximate surface area is 132 Å². The minimum atomic E-state index is 0.746. The van der Waals surface area contributed by atoms with Crippen molar-refractivity contribution in [3.8, 4) is 0 Å². The van der Waals surface area contributed by atoms with Crippen LogP contribution in [0.4, 0.5) is 5.69 Å². The highest BCUT2D eigenvalue weighted by Crippen LogP contribution is 2.35. The van der Waals surface area contributed by atoms with Crippen molar-refractivity contribution in [1.82, 2.24) is 4.90 Å². The predicted molar refractivity (Wildman–Crippen MR) is 87.9 cm³/mol. The van der Waals surface area contributed by atoms with E-state index in [1.54, 1.807) is 0 Å². The summed E-state index contributed by atoms with van der Waals surface area (Å²) in [5.41, 5.74) is 1.33. The van der Waals surface area contributed by atoms with Crippen LogP contribution in [-0.2, 0) is 0 Å². The molecule has 2 aliphatic rings. The lowest BCUT2D eigenvalue weighted by molar-refractivity contribution is 0.162. The van der Waals surface area contributed by atoms with Gasteiger partial charge in [-0.05, 0) is 69.8 Å². The molecule has 0 amide bonds. The van der Waals surface area contributed by atoms with Gasteiger partial charge >= 0.3 is 0 Å². The van der Waals surface area contributed by atoms with Crippen molar-refractivity contribution in [3.63, 3.8) is 0 Å². The second kappa shape index (κ2) is 6.15. The predicted octanol–water partition coefficient (Wildman–Crippen LogP) is 4.28. The van der Waals surface area contributed by atoms with Crippen molar-refractivity contribution in [2.45, 2.75) is 31.7 Å². The van der Waals surface area contributed by atoms with Crippen LogP contribution in [-0.4, -0.2) is 37.1 Å². The molecule has 1 atom stereocenters. The van der Waals surface area contributed by atoms with Gasteiger partial charge in [-0.3, -0.25) is 4.90 Å².